The topological polar surface area (TPSA) is 70.1 Å². The molecule has 2 aliphatic rings. The Morgan fingerprint density at radius 3 is 2.78 bits per heavy atom. The summed E-state index contributed by atoms with van der Waals surface area (Å²) < 4.78 is 15.7. The maximum Gasteiger partial charge on any atom is 0.162 e. The maximum atomic E-state index is 15.1. The third-order valence-electron chi connectivity index (χ3n) is 5.75. The van der Waals surface area contributed by atoms with Gasteiger partial charge in [0.05, 0.1) is 23.2 Å². The number of halogens is 2. The lowest BCUT2D eigenvalue weighted by Gasteiger charge is -2.43. The van der Waals surface area contributed by atoms with Gasteiger partial charge in [-0.05, 0) is 47.2 Å². The van der Waals surface area contributed by atoms with Crippen LogP contribution in [0.1, 0.15) is 44.4 Å². The van der Waals surface area contributed by atoms with Gasteiger partial charge in [-0.3, -0.25) is 9.69 Å². The molecule has 1 aliphatic heterocycles. The van der Waals surface area contributed by atoms with E-state index >= 15 is 4.39 Å². The number of Topliss-reactive ketones (excluding diaryl/α,β-unsaturated/α-hetero) is 1. The predicted molar refractivity (Wildman–Crippen MR) is 132 cm³/mol. The minimum absolute atomic E-state index is 0.00938. The monoisotopic (exact) mass is 531 g/mol. The van der Waals surface area contributed by atoms with Crippen LogP contribution in [0.15, 0.2) is 61.7 Å². The van der Waals surface area contributed by atoms with E-state index in [9.17, 15) is 10.1 Å². The van der Waals surface area contributed by atoms with Crippen molar-refractivity contribution in [3.8, 4) is 6.07 Å². The van der Waals surface area contributed by atoms with Crippen molar-refractivity contribution in [3.05, 3.63) is 67.5 Å². The van der Waals surface area contributed by atoms with E-state index in [2.05, 4.69) is 28.9 Å². The molecule has 1 aliphatic carbocycles. The summed E-state index contributed by atoms with van der Waals surface area (Å²) >= 11 is 6.51. The van der Waals surface area contributed by atoms with Gasteiger partial charge >= 0.3 is 0 Å². The number of anilines is 1. The number of carbonyl (C=O) groups excluding carboxylic acids is 1. The van der Waals surface area contributed by atoms with Crippen molar-refractivity contribution in [2.75, 3.05) is 10.7 Å². The van der Waals surface area contributed by atoms with Crippen LogP contribution < -0.4 is 10.6 Å². The lowest BCUT2D eigenvalue weighted by Crippen LogP contribution is -2.42. The number of nitriles is 1. The van der Waals surface area contributed by atoms with Crippen LogP contribution in [0.5, 0.6) is 0 Å². The van der Waals surface area contributed by atoms with Crippen molar-refractivity contribution in [3.63, 3.8) is 0 Å². The third-order valence-corrected chi connectivity index (χ3v) is 8.31. The van der Waals surface area contributed by atoms with Crippen molar-refractivity contribution in [1.29, 1.82) is 5.26 Å². The number of nitrogens with two attached hydrogens (primary N) is 1. The molecule has 2 N–H and O–H groups in total. The largest absolute Gasteiger partial charge is 0.384 e. The Morgan fingerprint density at radius 1 is 1.38 bits per heavy atom. The molecule has 166 valence electrons. The molecule has 0 bridgehead atoms. The lowest BCUT2D eigenvalue weighted by atomic mass is 9.69. The number of allylic oxidation sites excluding steroid dienone is 3. The molecular formula is C24H23BrFN3OS2. The fourth-order valence-corrected chi connectivity index (χ4v) is 6.89. The maximum absolute atomic E-state index is 15.1. The SMILES string of the molecule is CCSc1ccsc1[C@H]1C(C#N)=C(N)N(c2ccc(Br)cc2F)C2=C1C(=O)CC(C)(C)C2. The first-order valence-corrected chi connectivity index (χ1v) is 13.0. The molecule has 32 heavy (non-hydrogen) atoms. The first kappa shape index (κ1) is 23.1. The number of benzene rings is 1. The quantitative estimate of drug-likeness (QED) is 0.444. The summed E-state index contributed by atoms with van der Waals surface area (Å²) in [5.74, 6) is 0.0517. The first-order chi connectivity index (χ1) is 15.2. The molecule has 0 spiro atoms. The van der Waals surface area contributed by atoms with Gasteiger partial charge in [-0.25, -0.2) is 4.39 Å². The molecular weight excluding hydrogens is 509 g/mol. The minimum atomic E-state index is -0.526. The van der Waals surface area contributed by atoms with E-state index in [1.807, 2.05) is 25.3 Å². The highest BCUT2D eigenvalue weighted by Gasteiger charge is 2.46. The van der Waals surface area contributed by atoms with Crippen molar-refractivity contribution in [2.45, 2.75) is 44.4 Å². The standard InChI is InChI=1S/C24H23BrFN3OS2/c1-4-31-19-7-8-32-22(19)20-14(12-27)23(28)29(16-6-5-13(25)9-15(16)26)17-10-24(2,3)11-18(30)21(17)20/h5-9,20H,4,10-11,28H2,1-3H3/t20-/m0/s1. The molecule has 1 aromatic heterocycles. The fourth-order valence-electron chi connectivity index (χ4n) is 4.50. The zero-order valence-corrected chi connectivity index (χ0v) is 21.3. The Bertz CT molecular complexity index is 1210. The van der Waals surface area contributed by atoms with Gasteiger partial charge in [-0.2, -0.15) is 5.26 Å². The summed E-state index contributed by atoms with van der Waals surface area (Å²) in [4.78, 5) is 17.1. The van der Waals surface area contributed by atoms with Crippen LogP contribution >= 0.6 is 39.0 Å². The Labute approximate surface area is 204 Å². The fraction of sp³-hybridized carbons (Fsp3) is 0.333. The average molecular weight is 533 g/mol. The molecule has 0 saturated carbocycles. The lowest BCUT2D eigenvalue weighted by molar-refractivity contribution is -0.118. The van der Waals surface area contributed by atoms with E-state index in [0.29, 0.717) is 34.2 Å². The second kappa shape index (κ2) is 8.69. The van der Waals surface area contributed by atoms with Gasteiger partial charge in [0, 0.05) is 31.9 Å². The second-order valence-corrected chi connectivity index (χ2v) is 11.8. The summed E-state index contributed by atoms with van der Waals surface area (Å²) in [5, 5.41) is 12.1. The Balaban J connectivity index is 2.01. The van der Waals surface area contributed by atoms with Crippen LogP contribution in [0, 0.1) is 22.6 Å². The molecule has 4 nitrogen and oxygen atoms in total. The number of hydrogen-bond donors (Lipinski definition) is 1. The zero-order valence-electron chi connectivity index (χ0n) is 18.0. The molecule has 1 aromatic carbocycles. The number of rotatable bonds is 4. The van der Waals surface area contributed by atoms with Crippen LogP contribution in [0.4, 0.5) is 10.1 Å². The van der Waals surface area contributed by atoms with Gasteiger partial charge < -0.3 is 5.73 Å². The van der Waals surface area contributed by atoms with E-state index in [1.54, 1.807) is 28.8 Å². The molecule has 4 rings (SSSR count). The normalized spacial score (nSPS) is 20.4. The second-order valence-electron chi connectivity index (χ2n) is 8.66. The van der Waals surface area contributed by atoms with Gasteiger partial charge in [0.2, 0.25) is 0 Å². The summed E-state index contributed by atoms with van der Waals surface area (Å²) in [7, 11) is 0. The zero-order chi connectivity index (χ0) is 23.2. The van der Waals surface area contributed by atoms with Gasteiger partial charge in [0.25, 0.3) is 0 Å². The van der Waals surface area contributed by atoms with Crippen LogP contribution in [0.25, 0.3) is 0 Å². The number of nitrogens with zero attached hydrogens (tertiary/aromatic N) is 2. The molecule has 1 atom stereocenters. The smallest absolute Gasteiger partial charge is 0.162 e. The highest BCUT2D eigenvalue weighted by Crippen LogP contribution is 2.52. The van der Waals surface area contributed by atoms with Crippen molar-refractivity contribution in [2.24, 2.45) is 11.1 Å². The number of thiophene rings is 1. The molecule has 0 unspecified atom stereocenters. The van der Waals surface area contributed by atoms with Gasteiger partial charge in [0.15, 0.2) is 5.78 Å². The summed E-state index contributed by atoms with van der Waals surface area (Å²) in [6, 6.07) is 9.01. The molecule has 0 amide bonds. The highest BCUT2D eigenvalue weighted by atomic mass is 79.9. The van der Waals surface area contributed by atoms with E-state index < -0.39 is 11.7 Å². The first-order valence-electron chi connectivity index (χ1n) is 10.3. The minimum Gasteiger partial charge on any atom is -0.384 e. The Kier molecular flexibility index (Phi) is 6.27. The van der Waals surface area contributed by atoms with Crippen LogP contribution in [-0.4, -0.2) is 11.5 Å². The van der Waals surface area contributed by atoms with Gasteiger partial charge in [-0.15, -0.1) is 23.1 Å². The average Bonchev–Trinajstić information content (AvgIpc) is 3.15. The summed E-state index contributed by atoms with van der Waals surface area (Å²) in [6.45, 7) is 6.13. The van der Waals surface area contributed by atoms with E-state index in [4.69, 9.17) is 5.73 Å². The third kappa shape index (κ3) is 3.91. The number of hydrogen-bond acceptors (Lipinski definition) is 6. The Hall–Kier alpha value is -2.08. The van der Waals surface area contributed by atoms with Gasteiger partial charge in [0.1, 0.15) is 11.6 Å². The molecule has 2 aromatic rings. The molecule has 0 radical (unpaired) electrons. The molecule has 0 saturated heterocycles. The van der Waals surface area contributed by atoms with E-state index in [0.717, 1.165) is 15.5 Å². The highest BCUT2D eigenvalue weighted by molar-refractivity contribution is 9.10. The van der Waals surface area contributed by atoms with Crippen molar-refractivity contribution in [1.82, 2.24) is 0 Å². The number of carbonyl (C=O) groups is 1. The van der Waals surface area contributed by atoms with Crippen LogP contribution in [0.3, 0.4) is 0 Å². The van der Waals surface area contributed by atoms with E-state index in [1.165, 1.54) is 17.4 Å². The van der Waals surface area contributed by atoms with Crippen molar-refractivity contribution >= 4 is 50.5 Å². The molecule has 8 heteroatoms. The number of ketones is 1. The van der Waals surface area contributed by atoms with Crippen molar-refractivity contribution < 1.29 is 9.18 Å². The Morgan fingerprint density at radius 2 is 2.12 bits per heavy atom. The molecule has 0 fully saturated rings. The molecule has 2 heterocycles. The van der Waals surface area contributed by atoms with E-state index in [-0.39, 0.29) is 22.7 Å². The van der Waals surface area contributed by atoms with Crippen LogP contribution in [-0.2, 0) is 4.79 Å². The number of thioether (sulfide) groups is 1. The van der Waals surface area contributed by atoms with Gasteiger partial charge in [-0.1, -0.05) is 36.7 Å². The van der Waals surface area contributed by atoms with Crippen LogP contribution in [0.2, 0.25) is 0 Å². The summed E-state index contributed by atoms with van der Waals surface area (Å²) in [5.41, 5.74) is 8.08. The predicted octanol–water partition coefficient (Wildman–Crippen LogP) is 6.70. The summed E-state index contributed by atoms with van der Waals surface area (Å²) in [6.07, 6.45) is 0.931.